The molecule has 0 atom stereocenters. The average Bonchev–Trinajstić information content (AvgIpc) is 3.99. The molecular formula is C32H29ClN4O10S2. The van der Waals surface area contributed by atoms with Crippen LogP contribution < -0.4 is 20.9 Å². The molecule has 2 aromatic carbocycles. The summed E-state index contributed by atoms with van der Waals surface area (Å²) >= 11 is 0. The minimum atomic E-state index is -4.07. The lowest BCUT2D eigenvalue weighted by atomic mass is 10.2. The van der Waals surface area contributed by atoms with Crippen LogP contribution in [-0.2, 0) is 19.2 Å². The first-order chi connectivity index (χ1) is 23.2. The van der Waals surface area contributed by atoms with Gasteiger partial charge in [-0.1, -0.05) is 35.4 Å². The topological polar surface area (TPSA) is 215 Å². The Bertz CT molecular complexity index is 2510. The molecule has 4 heterocycles. The lowest BCUT2D eigenvalue weighted by Gasteiger charge is -2.06. The fourth-order valence-corrected chi connectivity index (χ4v) is 6.34. The van der Waals surface area contributed by atoms with Crippen LogP contribution in [-0.4, -0.2) is 37.2 Å². The standard InChI is InChI=1S/C16H14N2O5S.C9H8N2O3.C7H7ClO2S/c1-9-2-6-11(7-3-9)24(20,21)23-16-14-12(15(19)17-18-16)8-13(22-14)10-4-5-10;12-8-5-3-6(4-1-2-4)14-7(5)9(13)11-10-8;1-6-2-4-7(5-3-6)11(8,9)10/h2-3,6-8,10H,4-5H2,1H3,(H,17,19);3-4H,1-2H2,(H,10,12)(H,11,13);2-5H,1H3. The summed E-state index contributed by atoms with van der Waals surface area (Å²) in [5.74, 6) is 1.82. The predicted molar refractivity (Wildman–Crippen MR) is 179 cm³/mol. The maximum Gasteiger partial charge on any atom is 0.340 e. The average molecular weight is 729 g/mol. The van der Waals surface area contributed by atoms with Crippen LogP contribution in [0.4, 0.5) is 0 Å². The summed E-state index contributed by atoms with van der Waals surface area (Å²) in [6.07, 6.45) is 4.14. The summed E-state index contributed by atoms with van der Waals surface area (Å²) in [5.41, 5.74) is 0.988. The largest absolute Gasteiger partial charge is 0.455 e. The van der Waals surface area contributed by atoms with Crippen molar-refractivity contribution in [1.82, 2.24) is 20.4 Å². The van der Waals surface area contributed by atoms with E-state index in [0.29, 0.717) is 17.1 Å². The van der Waals surface area contributed by atoms with Gasteiger partial charge < -0.3 is 13.0 Å². The normalized spacial score (nSPS) is 14.5. The Morgan fingerprint density at radius 1 is 0.694 bits per heavy atom. The molecule has 0 radical (unpaired) electrons. The summed E-state index contributed by atoms with van der Waals surface area (Å²) in [7, 11) is -2.54. The molecule has 0 bridgehead atoms. The summed E-state index contributed by atoms with van der Waals surface area (Å²) in [6.45, 7) is 3.73. The number of hydrogen-bond donors (Lipinski definition) is 3. The van der Waals surface area contributed by atoms with E-state index < -0.39 is 24.7 Å². The monoisotopic (exact) mass is 728 g/mol. The number of rotatable bonds is 6. The fourth-order valence-electron chi connectivity index (χ4n) is 4.69. The first-order valence-corrected chi connectivity index (χ1v) is 18.7. The SMILES string of the molecule is Cc1ccc(S(=O)(=O)Cl)cc1.Cc1ccc(S(=O)(=O)Oc2n[nH]c(=O)c3cc(C4CC4)oc23)cc1.O=c1[nH][nH]c(=O)c2oc(C3CC3)cc12. The van der Waals surface area contributed by atoms with Crippen molar-refractivity contribution in [3.05, 3.63) is 114 Å². The molecule has 256 valence electrons. The molecule has 0 saturated heterocycles. The maximum absolute atomic E-state index is 12.4. The number of H-pyrrole nitrogens is 3. The highest BCUT2D eigenvalue weighted by Gasteiger charge is 2.30. The zero-order chi connectivity index (χ0) is 35.1. The molecule has 3 N–H and O–H groups in total. The second kappa shape index (κ2) is 13.2. The van der Waals surface area contributed by atoms with Crippen LogP contribution in [0.3, 0.4) is 0 Å². The van der Waals surface area contributed by atoms with Gasteiger partial charge >= 0.3 is 15.7 Å². The summed E-state index contributed by atoms with van der Waals surface area (Å²) < 4.78 is 62.3. The van der Waals surface area contributed by atoms with Crippen LogP contribution in [0.2, 0.25) is 0 Å². The Balaban J connectivity index is 0.000000141. The summed E-state index contributed by atoms with van der Waals surface area (Å²) in [5, 5.41) is 11.0. The van der Waals surface area contributed by atoms with Crippen molar-refractivity contribution >= 4 is 51.8 Å². The number of nitrogens with zero attached hydrogens (tertiary/aromatic N) is 1. The highest BCUT2D eigenvalue weighted by atomic mass is 35.7. The van der Waals surface area contributed by atoms with E-state index in [9.17, 15) is 31.2 Å². The Kier molecular flexibility index (Phi) is 9.13. The molecule has 2 aliphatic carbocycles. The van der Waals surface area contributed by atoms with Gasteiger partial charge in [0.1, 0.15) is 16.4 Å². The van der Waals surface area contributed by atoms with Gasteiger partial charge in [0.05, 0.1) is 15.7 Å². The zero-order valence-electron chi connectivity index (χ0n) is 26.0. The number of halogens is 1. The van der Waals surface area contributed by atoms with Gasteiger partial charge in [0, 0.05) is 22.5 Å². The van der Waals surface area contributed by atoms with Crippen molar-refractivity contribution in [2.24, 2.45) is 0 Å². The number of nitrogens with one attached hydrogen (secondary N) is 3. The predicted octanol–water partition coefficient (Wildman–Crippen LogP) is 5.08. The number of furan rings is 2. The lowest BCUT2D eigenvalue weighted by molar-refractivity contribution is 0.460. The minimum absolute atomic E-state index is 0.00298. The van der Waals surface area contributed by atoms with Gasteiger partial charge in [0.2, 0.25) is 11.2 Å². The highest BCUT2D eigenvalue weighted by molar-refractivity contribution is 8.13. The second-order valence-corrected chi connectivity index (χ2v) is 15.8. The molecule has 14 nitrogen and oxygen atoms in total. The number of aromatic amines is 3. The zero-order valence-corrected chi connectivity index (χ0v) is 28.4. The molecule has 8 rings (SSSR count). The maximum atomic E-state index is 12.4. The first kappa shape index (κ1) is 34.0. The van der Waals surface area contributed by atoms with E-state index in [1.54, 1.807) is 36.4 Å². The molecule has 4 aromatic heterocycles. The molecular weight excluding hydrogens is 700 g/mol. The first-order valence-electron chi connectivity index (χ1n) is 15.0. The van der Waals surface area contributed by atoms with Gasteiger partial charge in [-0.25, -0.2) is 13.5 Å². The van der Waals surface area contributed by atoms with Gasteiger partial charge in [-0.15, -0.1) is 5.10 Å². The van der Waals surface area contributed by atoms with Crippen LogP contribution in [0, 0.1) is 13.8 Å². The number of benzene rings is 2. The third kappa shape index (κ3) is 7.87. The molecule has 2 fully saturated rings. The Morgan fingerprint density at radius 2 is 1.16 bits per heavy atom. The van der Waals surface area contributed by atoms with Gasteiger partial charge in [0.15, 0.2) is 0 Å². The van der Waals surface area contributed by atoms with Crippen LogP contribution in [0.1, 0.15) is 60.2 Å². The Labute approximate surface area is 282 Å². The molecule has 17 heteroatoms. The fraction of sp³-hybridized carbons (Fsp3) is 0.250. The molecule has 2 aliphatic rings. The van der Waals surface area contributed by atoms with E-state index in [-0.39, 0.29) is 49.3 Å². The lowest BCUT2D eigenvalue weighted by Crippen LogP contribution is -2.17. The quantitative estimate of drug-likeness (QED) is 0.152. The molecule has 0 amide bonds. The van der Waals surface area contributed by atoms with Crippen molar-refractivity contribution in [1.29, 1.82) is 0 Å². The smallest absolute Gasteiger partial charge is 0.340 e. The minimum Gasteiger partial charge on any atom is -0.455 e. The van der Waals surface area contributed by atoms with E-state index in [1.807, 2.05) is 13.8 Å². The summed E-state index contributed by atoms with van der Waals surface area (Å²) in [4.78, 5) is 34.6. The van der Waals surface area contributed by atoms with Gasteiger partial charge in [0.25, 0.3) is 26.0 Å². The van der Waals surface area contributed by atoms with Gasteiger partial charge in [-0.2, -0.15) is 8.42 Å². The molecule has 6 aromatic rings. The molecule has 0 unspecified atom stereocenters. The van der Waals surface area contributed by atoms with Crippen LogP contribution in [0.5, 0.6) is 5.88 Å². The van der Waals surface area contributed by atoms with Crippen LogP contribution in [0.15, 0.2) is 93.7 Å². The Morgan fingerprint density at radius 3 is 1.65 bits per heavy atom. The van der Waals surface area contributed by atoms with Gasteiger partial charge in [-0.3, -0.25) is 24.6 Å². The number of aromatic nitrogens is 4. The van der Waals surface area contributed by atoms with E-state index >= 15 is 0 Å². The Hall–Kier alpha value is -4.93. The van der Waals surface area contributed by atoms with E-state index in [4.69, 9.17) is 23.7 Å². The van der Waals surface area contributed by atoms with Crippen molar-refractivity contribution in [3.8, 4) is 5.88 Å². The number of fused-ring (bicyclic) bond motifs is 2. The van der Waals surface area contributed by atoms with E-state index in [0.717, 1.165) is 42.6 Å². The van der Waals surface area contributed by atoms with Crippen molar-refractivity contribution in [2.75, 3.05) is 0 Å². The van der Waals surface area contributed by atoms with Crippen LogP contribution in [0.25, 0.3) is 21.9 Å². The molecule has 0 aliphatic heterocycles. The second-order valence-electron chi connectivity index (χ2n) is 11.7. The highest BCUT2D eigenvalue weighted by Crippen LogP contribution is 2.43. The number of hydrogen-bond acceptors (Lipinski definition) is 11. The van der Waals surface area contributed by atoms with E-state index in [1.165, 1.54) is 24.3 Å². The molecule has 0 spiro atoms. The van der Waals surface area contributed by atoms with Crippen LogP contribution >= 0.6 is 10.7 Å². The third-order valence-corrected chi connectivity index (χ3v) is 10.3. The molecule has 49 heavy (non-hydrogen) atoms. The number of aryl methyl sites for hydroxylation is 2. The van der Waals surface area contributed by atoms with Crippen molar-refractivity contribution in [2.45, 2.75) is 61.2 Å². The van der Waals surface area contributed by atoms with E-state index in [2.05, 4.69) is 20.4 Å². The van der Waals surface area contributed by atoms with Gasteiger partial charge in [-0.05, 0) is 75.9 Å². The van der Waals surface area contributed by atoms with Crippen molar-refractivity contribution < 1.29 is 29.9 Å². The third-order valence-electron chi connectivity index (χ3n) is 7.70. The van der Waals surface area contributed by atoms with Crippen molar-refractivity contribution in [3.63, 3.8) is 0 Å². The molecule has 2 saturated carbocycles. The summed E-state index contributed by atoms with van der Waals surface area (Å²) in [6, 6.07) is 15.9.